The predicted octanol–water partition coefficient (Wildman–Crippen LogP) is 1.51. The first kappa shape index (κ1) is 21.9. The number of thioether (sulfide) groups is 1. The van der Waals surface area contributed by atoms with Gasteiger partial charge in [-0.25, -0.2) is 13.6 Å². The van der Waals surface area contributed by atoms with E-state index in [-0.39, 0.29) is 21.4 Å². The molecule has 0 saturated carbocycles. The summed E-state index contributed by atoms with van der Waals surface area (Å²) in [5.74, 6) is 0. The van der Waals surface area contributed by atoms with Crippen molar-refractivity contribution in [2.75, 3.05) is 26.2 Å². The minimum Gasteiger partial charge on any atom is -0.296 e. The summed E-state index contributed by atoms with van der Waals surface area (Å²) < 4.78 is 21.7. The third-order valence-corrected chi connectivity index (χ3v) is 6.58. The highest BCUT2D eigenvalue weighted by Crippen LogP contribution is 2.28. The van der Waals surface area contributed by atoms with Crippen LogP contribution in [0, 0.1) is 0 Å². The number of hydrogen-bond acceptors (Lipinski definition) is 6. The van der Waals surface area contributed by atoms with Crippen LogP contribution in [0.5, 0.6) is 0 Å². The summed E-state index contributed by atoms with van der Waals surface area (Å²) >= 11 is 1.48. The van der Waals surface area contributed by atoms with Gasteiger partial charge in [0, 0.05) is 49.4 Å². The second-order valence-electron chi connectivity index (χ2n) is 8.59. The highest BCUT2D eigenvalue weighted by Gasteiger charge is 2.40. The van der Waals surface area contributed by atoms with Gasteiger partial charge in [0.25, 0.3) is 0 Å². The Bertz CT molecular complexity index is 538. The normalized spacial score (nSPS) is 21.5. The van der Waals surface area contributed by atoms with Gasteiger partial charge in [-0.15, -0.1) is 0 Å². The highest BCUT2D eigenvalue weighted by atomic mass is 32.2. The smallest absolute Gasteiger partial charge is 0.214 e. The SMILES string of the molecule is CC(=O)SC1CN(C(C)(C)C)C1.CC(C)(C)N1CC(S(N)(=O)=O)C1. The molecule has 0 bridgehead atoms. The molecule has 2 fully saturated rings. The average molecular weight is 380 g/mol. The Morgan fingerprint density at radius 1 is 0.958 bits per heavy atom. The molecule has 0 unspecified atom stereocenters. The number of nitrogens with zero attached hydrogens (tertiary/aromatic N) is 2. The van der Waals surface area contributed by atoms with Gasteiger partial charge in [0.05, 0.1) is 0 Å². The fourth-order valence-corrected chi connectivity index (χ4v) is 4.24. The molecular formula is C16H33N3O3S2. The molecule has 0 aliphatic carbocycles. The zero-order chi connectivity index (χ0) is 18.9. The number of nitrogens with two attached hydrogens (primary N) is 1. The van der Waals surface area contributed by atoms with E-state index < -0.39 is 10.0 Å². The molecule has 6 nitrogen and oxygen atoms in total. The van der Waals surface area contributed by atoms with Crippen LogP contribution in [0.15, 0.2) is 0 Å². The van der Waals surface area contributed by atoms with Crippen molar-refractivity contribution in [2.24, 2.45) is 5.14 Å². The Morgan fingerprint density at radius 3 is 1.62 bits per heavy atom. The largest absolute Gasteiger partial charge is 0.296 e. The van der Waals surface area contributed by atoms with Crippen LogP contribution in [-0.4, -0.2) is 71.1 Å². The molecule has 0 aromatic carbocycles. The lowest BCUT2D eigenvalue weighted by Gasteiger charge is -2.47. The summed E-state index contributed by atoms with van der Waals surface area (Å²) in [6.07, 6.45) is 0. The molecule has 2 heterocycles. The molecule has 142 valence electrons. The van der Waals surface area contributed by atoms with Crippen molar-refractivity contribution in [2.45, 2.75) is 70.0 Å². The molecular weight excluding hydrogens is 346 g/mol. The van der Waals surface area contributed by atoms with Crippen molar-refractivity contribution >= 4 is 26.9 Å². The molecule has 8 heteroatoms. The van der Waals surface area contributed by atoms with Gasteiger partial charge in [0.1, 0.15) is 5.25 Å². The van der Waals surface area contributed by atoms with E-state index in [0.29, 0.717) is 18.3 Å². The monoisotopic (exact) mass is 379 g/mol. The number of sulfonamides is 1. The standard InChI is InChI=1S/C9H17NOS.C7H16N2O2S/c1-7(11)12-8-5-10(6-8)9(2,3)4;1-7(2,3)9-4-6(5-9)12(8,10)11/h8H,5-6H2,1-4H3;6H,4-5H2,1-3H3,(H2,8,10,11). The first-order valence-corrected chi connectivity index (χ1v) is 10.8. The van der Waals surface area contributed by atoms with Crippen molar-refractivity contribution in [3.8, 4) is 0 Å². The van der Waals surface area contributed by atoms with Crippen molar-refractivity contribution < 1.29 is 13.2 Å². The van der Waals surface area contributed by atoms with Crippen LogP contribution in [0.25, 0.3) is 0 Å². The molecule has 24 heavy (non-hydrogen) atoms. The molecule has 2 aliphatic rings. The second kappa shape index (κ2) is 7.61. The van der Waals surface area contributed by atoms with E-state index in [1.54, 1.807) is 6.92 Å². The second-order valence-corrected chi connectivity index (χ2v) is 11.9. The maximum atomic E-state index is 10.8. The predicted molar refractivity (Wildman–Crippen MR) is 102 cm³/mol. The number of carbonyl (C=O) groups excluding carboxylic acids is 1. The van der Waals surface area contributed by atoms with Crippen LogP contribution >= 0.6 is 11.8 Å². The fraction of sp³-hybridized carbons (Fsp3) is 0.938. The molecule has 0 atom stereocenters. The summed E-state index contributed by atoms with van der Waals surface area (Å²) in [6, 6.07) is 0. The molecule has 0 aromatic rings. The maximum Gasteiger partial charge on any atom is 0.214 e. The van der Waals surface area contributed by atoms with Crippen LogP contribution in [0.1, 0.15) is 48.5 Å². The van der Waals surface area contributed by atoms with Gasteiger partial charge in [-0.3, -0.25) is 14.6 Å². The van der Waals surface area contributed by atoms with Crippen molar-refractivity contribution in [3.05, 3.63) is 0 Å². The summed E-state index contributed by atoms with van der Waals surface area (Å²) in [5.41, 5.74) is 0.328. The molecule has 2 aliphatic heterocycles. The van der Waals surface area contributed by atoms with Crippen molar-refractivity contribution in [1.82, 2.24) is 9.80 Å². The molecule has 0 spiro atoms. The van der Waals surface area contributed by atoms with E-state index in [0.717, 1.165) is 13.1 Å². The lowest BCUT2D eigenvalue weighted by molar-refractivity contribution is -0.109. The third kappa shape index (κ3) is 6.63. The zero-order valence-corrected chi connectivity index (χ0v) is 17.6. The van der Waals surface area contributed by atoms with E-state index in [2.05, 4.69) is 51.3 Å². The lowest BCUT2D eigenvalue weighted by Crippen LogP contribution is -2.62. The number of rotatable bonds is 2. The quantitative estimate of drug-likeness (QED) is 0.783. The molecule has 2 rings (SSSR count). The lowest BCUT2D eigenvalue weighted by atomic mass is 10.0. The Kier molecular flexibility index (Phi) is 6.95. The summed E-state index contributed by atoms with van der Waals surface area (Å²) in [7, 11) is -3.30. The fourth-order valence-electron chi connectivity index (χ4n) is 2.49. The summed E-state index contributed by atoms with van der Waals surface area (Å²) in [4.78, 5) is 15.2. The van der Waals surface area contributed by atoms with Crippen molar-refractivity contribution in [3.63, 3.8) is 0 Å². The molecule has 0 radical (unpaired) electrons. The zero-order valence-electron chi connectivity index (χ0n) is 16.0. The van der Waals surface area contributed by atoms with Gasteiger partial charge in [-0.2, -0.15) is 0 Å². The van der Waals surface area contributed by atoms with Gasteiger partial charge < -0.3 is 0 Å². The number of likely N-dealkylation sites (tertiary alicyclic amines) is 2. The van der Waals surface area contributed by atoms with Gasteiger partial charge in [0.15, 0.2) is 5.12 Å². The maximum absolute atomic E-state index is 10.8. The van der Waals surface area contributed by atoms with Crippen LogP contribution in [0.2, 0.25) is 0 Å². The summed E-state index contributed by atoms with van der Waals surface area (Å²) in [5, 5.41) is 5.43. The first-order chi connectivity index (χ1) is 10.6. The molecule has 0 aromatic heterocycles. The van der Waals surface area contributed by atoms with E-state index in [4.69, 9.17) is 5.14 Å². The summed E-state index contributed by atoms with van der Waals surface area (Å²) in [6.45, 7) is 17.7. The Labute approximate surface area is 151 Å². The van der Waals surface area contributed by atoms with E-state index in [9.17, 15) is 13.2 Å². The first-order valence-electron chi connectivity index (χ1n) is 8.29. The van der Waals surface area contributed by atoms with Gasteiger partial charge in [0.2, 0.25) is 10.0 Å². The molecule has 0 amide bonds. The highest BCUT2D eigenvalue weighted by molar-refractivity contribution is 8.14. The average Bonchev–Trinajstić information content (AvgIpc) is 2.14. The van der Waals surface area contributed by atoms with E-state index in [1.807, 2.05) is 0 Å². The Balaban J connectivity index is 0.000000240. The Morgan fingerprint density at radius 2 is 1.33 bits per heavy atom. The van der Waals surface area contributed by atoms with Crippen molar-refractivity contribution in [1.29, 1.82) is 0 Å². The minimum atomic E-state index is -3.30. The van der Waals surface area contributed by atoms with Gasteiger partial charge >= 0.3 is 0 Å². The third-order valence-electron chi connectivity index (χ3n) is 4.39. The van der Waals surface area contributed by atoms with Gasteiger partial charge in [-0.1, -0.05) is 11.8 Å². The number of primary sulfonamides is 1. The van der Waals surface area contributed by atoms with Crippen LogP contribution in [0.4, 0.5) is 0 Å². The number of carbonyl (C=O) groups is 1. The van der Waals surface area contributed by atoms with Crippen LogP contribution in [0.3, 0.4) is 0 Å². The molecule has 2 N–H and O–H groups in total. The Hall–Kier alpha value is -0.150. The van der Waals surface area contributed by atoms with Crippen LogP contribution in [-0.2, 0) is 14.8 Å². The van der Waals surface area contributed by atoms with Crippen LogP contribution < -0.4 is 5.14 Å². The number of hydrogen-bond donors (Lipinski definition) is 1. The van der Waals surface area contributed by atoms with E-state index in [1.165, 1.54) is 11.8 Å². The molecule has 2 saturated heterocycles. The van der Waals surface area contributed by atoms with Gasteiger partial charge in [-0.05, 0) is 41.5 Å². The topological polar surface area (TPSA) is 83.7 Å². The van der Waals surface area contributed by atoms with E-state index >= 15 is 0 Å². The minimum absolute atomic E-state index is 0.0567.